The summed E-state index contributed by atoms with van der Waals surface area (Å²) in [6.07, 6.45) is 4.40. The Morgan fingerprint density at radius 1 is 1.35 bits per heavy atom. The lowest BCUT2D eigenvalue weighted by molar-refractivity contribution is 0.717. The second kappa shape index (κ2) is 7.37. The SMILES string of the molecule is CCCCN(CC)c1cc(NC)nc(SC)n1. The molecule has 0 aromatic carbocycles. The minimum atomic E-state index is 0.821. The molecule has 1 N–H and O–H groups in total. The summed E-state index contributed by atoms with van der Waals surface area (Å²) in [4.78, 5) is 11.2. The number of unbranched alkanes of at least 4 members (excludes halogenated alkanes) is 1. The molecule has 0 aliphatic heterocycles. The van der Waals surface area contributed by atoms with Crippen LogP contribution in [0, 0.1) is 0 Å². The quantitative estimate of drug-likeness (QED) is 0.598. The highest BCUT2D eigenvalue weighted by molar-refractivity contribution is 7.98. The Morgan fingerprint density at radius 2 is 2.12 bits per heavy atom. The van der Waals surface area contributed by atoms with E-state index in [0.717, 1.165) is 29.9 Å². The number of anilines is 2. The van der Waals surface area contributed by atoms with Crippen molar-refractivity contribution in [3.63, 3.8) is 0 Å². The van der Waals surface area contributed by atoms with E-state index in [1.165, 1.54) is 12.8 Å². The molecule has 0 unspecified atom stereocenters. The van der Waals surface area contributed by atoms with Crippen LogP contribution in [0.25, 0.3) is 0 Å². The lowest BCUT2D eigenvalue weighted by atomic mass is 10.3. The molecule has 0 bridgehead atoms. The predicted octanol–water partition coefficient (Wildman–Crippen LogP) is 2.87. The van der Waals surface area contributed by atoms with Crippen LogP contribution in [-0.2, 0) is 0 Å². The number of nitrogens with one attached hydrogen (secondary N) is 1. The highest BCUT2D eigenvalue weighted by atomic mass is 32.2. The highest BCUT2D eigenvalue weighted by Crippen LogP contribution is 2.20. The molecule has 96 valence electrons. The van der Waals surface area contributed by atoms with Gasteiger partial charge in [-0.05, 0) is 19.6 Å². The normalized spacial score (nSPS) is 10.4. The fourth-order valence-electron chi connectivity index (χ4n) is 1.58. The first-order valence-electron chi connectivity index (χ1n) is 6.10. The molecule has 4 nitrogen and oxygen atoms in total. The van der Waals surface area contributed by atoms with Gasteiger partial charge >= 0.3 is 0 Å². The van der Waals surface area contributed by atoms with Crippen LogP contribution in [0.4, 0.5) is 11.6 Å². The van der Waals surface area contributed by atoms with Gasteiger partial charge in [-0.3, -0.25) is 0 Å². The van der Waals surface area contributed by atoms with E-state index in [1.54, 1.807) is 11.8 Å². The molecule has 1 aromatic rings. The molecule has 0 radical (unpaired) electrons. The van der Waals surface area contributed by atoms with Crippen LogP contribution in [0.1, 0.15) is 26.7 Å². The third-order valence-electron chi connectivity index (χ3n) is 2.62. The largest absolute Gasteiger partial charge is 0.373 e. The van der Waals surface area contributed by atoms with E-state index in [4.69, 9.17) is 0 Å². The molecular formula is C12H22N4S. The van der Waals surface area contributed by atoms with Crippen LogP contribution >= 0.6 is 11.8 Å². The third-order valence-corrected chi connectivity index (χ3v) is 3.17. The second-order valence-corrected chi connectivity index (χ2v) is 4.55. The van der Waals surface area contributed by atoms with Crippen molar-refractivity contribution < 1.29 is 0 Å². The van der Waals surface area contributed by atoms with Crippen molar-refractivity contribution in [1.82, 2.24) is 9.97 Å². The average Bonchev–Trinajstić information content (AvgIpc) is 2.39. The Hall–Kier alpha value is -0.970. The molecule has 1 aromatic heterocycles. The molecule has 0 aliphatic rings. The maximum Gasteiger partial charge on any atom is 0.191 e. The fraction of sp³-hybridized carbons (Fsp3) is 0.667. The highest BCUT2D eigenvalue weighted by Gasteiger charge is 2.09. The number of hydrogen-bond acceptors (Lipinski definition) is 5. The van der Waals surface area contributed by atoms with Crippen molar-refractivity contribution in [3.8, 4) is 0 Å². The number of rotatable bonds is 7. The molecule has 0 saturated carbocycles. The first-order chi connectivity index (χ1) is 8.24. The van der Waals surface area contributed by atoms with Gasteiger partial charge in [0, 0.05) is 26.2 Å². The van der Waals surface area contributed by atoms with E-state index < -0.39 is 0 Å². The van der Waals surface area contributed by atoms with Crippen molar-refractivity contribution in [2.24, 2.45) is 0 Å². The summed E-state index contributed by atoms with van der Waals surface area (Å²) in [7, 11) is 1.89. The Kier molecular flexibility index (Phi) is 6.11. The summed E-state index contributed by atoms with van der Waals surface area (Å²) in [5, 5.41) is 3.91. The average molecular weight is 254 g/mol. The van der Waals surface area contributed by atoms with Gasteiger partial charge in [0.15, 0.2) is 5.16 Å². The predicted molar refractivity (Wildman–Crippen MR) is 76.2 cm³/mol. The third kappa shape index (κ3) is 4.07. The zero-order valence-electron chi connectivity index (χ0n) is 11.2. The van der Waals surface area contributed by atoms with Crippen LogP contribution in [0.15, 0.2) is 11.2 Å². The molecular weight excluding hydrogens is 232 g/mol. The van der Waals surface area contributed by atoms with E-state index in [-0.39, 0.29) is 0 Å². The summed E-state index contributed by atoms with van der Waals surface area (Å²) < 4.78 is 0. The monoisotopic (exact) mass is 254 g/mol. The smallest absolute Gasteiger partial charge is 0.191 e. The number of thioether (sulfide) groups is 1. The molecule has 0 spiro atoms. The zero-order chi connectivity index (χ0) is 12.7. The molecule has 0 atom stereocenters. The van der Waals surface area contributed by atoms with Crippen molar-refractivity contribution in [2.75, 3.05) is 36.6 Å². The van der Waals surface area contributed by atoms with E-state index in [9.17, 15) is 0 Å². The standard InChI is InChI=1S/C12H22N4S/c1-5-7-8-16(6-2)11-9-10(13-3)14-12(15-11)17-4/h9H,5-8H2,1-4H3,(H,13,14,15). The van der Waals surface area contributed by atoms with Crippen molar-refractivity contribution >= 4 is 23.4 Å². The van der Waals surface area contributed by atoms with Gasteiger partial charge in [0.05, 0.1) is 0 Å². The van der Waals surface area contributed by atoms with Crippen LogP contribution in [-0.4, -0.2) is 36.4 Å². The minimum Gasteiger partial charge on any atom is -0.373 e. The maximum absolute atomic E-state index is 4.56. The van der Waals surface area contributed by atoms with Crippen molar-refractivity contribution in [1.29, 1.82) is 0 Å². The summed E-state index contributed by atoms with van der Waals surface area (Å²) in [5.41, 5.74) is 0. The van der Waals surface area contributed by atoms with Crippen molar-refractivity contribution in [3.05, 3.63) is 6.07 Å². The Balaban J connectivity index is 2.92. The van der Waals surface area contributed by atoms with Gasteiger partial charge in [-0.15, -0.1) is 0 Å². The van der Waals surface area contributed by atoms with Crippen molar-refractivity contribution in [2.45, 2.75) is 31.8 Å². The van der Waals surface area contributed by atoms with Gasteiger partial charge in [0.1, 0.15) is 11.6 Å². The van der Waals surface area contributed by atoms with Crippen LogP contribution in [0.2, 0.25) is 0 Å². The van der Waals surface area contributed by atoms with Gasteiger partial charge in [-0.2, -0.15) is 0 Å². The first-order valence-corrected chi connectivity index (χ1v) is 7.33. The van der Waals surface area contributed by atoms with Crippen LogP contribution in [0.3, 0.4) is 0 Å². The Labute approximate surface area is 108 Å². The lowest BCUT2D eigenvalue weighted by Gasteiger charge is -2.22. The second-order valence-electron chi connectivity index (χ2n) is 3.78. The lowest BCUT2D eigenvalue weighted by Crippen LogP contribution is -2.25. The molecule has 0 fully saturated rings. The molecule has 0 amide bonds. The number of nitrogens with zero attached hydrogens (tertiary/aromatic N) is 3. The number of aromatic nitrogens is 2. The molecule has 0 aliphatic carbocycles. The van der Waals surface area contributed by atoms with Crippen LogP contribution < -0.4 is 10.2 Å². The molecule has 0 saturated heterocycles. The summed E-state index contributed by atoms with van der Waals surface area (Å²) in [6, 6.07) is 2.01. The minimum absolute atomic E-state index is 0.821. The molecule has 1 heterocycles. The van der Waals surface area contributed by atoms with Gasteiger partial charge in [-0.25, -0.2) is 9.97 Å². The maximum atomic E-state index is 4.56. The Bertz CT molecular complexity index is 321. The van der Waals surface area contributed by atoms with Gasteiger partial charge in [0.2, 0.25) is 0 Å². The van der Waals surface area contributed by atoms with E-state index in [1.807, 2.05) is 19.4 Å². The summed E-state index contributed by atoms with van der Waals surface area (Å²) in [6.45, 7) is 6.41. The molecule has 1 rings (SSSR count). The van der Waals surface area contributed by atoms with Gasteiger partial charge < -0.3 is 10.2 Å². The van der Waals surface area contributed by atoms with E-state index >= 15 is 0 Å². The Morgan fingerprint density at radius 3 is 2.65 bits per heavy atom. The first kappa shape index (κ1) is 14.1. The zero-order valence-corrected chi connectivity index (χ0v) is 12.0. The topological polar surface area (TPSA) is 41.0 Å². The van der Waals surface area contributed by atoms with E-state index in [2.05, 4.69) is 34.0 Å². The molecule has 17 heavy (non-hydrogen) atoms. The summed E-state index contributed by atoms with van der Waals surface area (Å²) in [5.74, 6) is 1.90. The summed E-state index contributed by atoms with van der Waals surface area (Å²) >= 11 is 1.58. The van der Waals surface area contributed by atoms with Gasteiger partial charge in [-0.1, -0.05) is 25.1 Å². The van der Waals surface area contributed by atoms with E-state index in [0.29, 0.717) is 0 Å². The fourth-order valence-corrected chi connectivity index (χ4v) is 1.95. The molecule has 5 heteroatoms. The van der Waals surface area contributed by atoms with Crippen LogP contribution in [0.5, 0.6) is 0 Å². The van der Waals surface area contributed by atoms with Gasteiger partial charge in [0.25, 0.3) is 0 Å². The number of hydrogen-bond donors (Lipinski definition) is 1.